The minimum absolute atomic E-state index is 0.0342. The van der Waals surface area contributed by atoms with Gasteiger partial charge in [0.2, 0.25) is 0 Å². The van der Waals surface area contributed by atoms with Gasteiger partial charge in [-0.25, -0.2) is 0 Å². The first-order valence-electron chi connectivity index (χ1n) is 10.1. The molecule has 212 valence electrons. The summed E-state index contributed by atoms with van der Waals surface area (Å²) in [4.78, 5) is 0. The van der Waals surface area contributed by atoms with Crippen LogP contribution in [0, 0.1) is 0 Å². The van der Waals surface area contributed by atoms with Gasteiger partial charge in [0.1, 0.15) is 36.6 Å². The molecule has 0 aromatic heterocycles. The summed E-state index contributed by atoms with van der Waals surface area (Å²) in [5.41, 5.74) is 0. The molecular formula is C18H44O16. The summed E-state index contributed by atoms with van der Waals surface area (Å²) in [6, 6.07) is 0. The Hall–Kier alpha value is -0.640. The first kappa shape index (κ1) is 40.5. The van der Waals surface area contributed by atoms with E-state index in [0.717, 1.165) is 0 Å². The van der Waals surface area contributed by atoms with Crippen molar-refractivity contribution in [2.75, 3.05) is 79.3 Å². The minimum Gasteiger partial charge on any atom is -0.394 e. The van der Waals surface area contributed by atoms with Crippen LogP contribution in [0.3, 0.4) is 0 Å². The highest BCUT2D eigenvalue weighted by Crippen LogP contribution is 1.91. The summed E-state index contributed by atoms with van der Waals surface area (Å²) in [5.74, 6) is 0. The highest BCUT2D eigenvalue weighted by atomic mass is 16.5. The van der Waals surface area contributed by atoms with Crippen LogP contribution in [0.1, 0.15) is 0 Å². The van der Waals surface area contributed by atoms with E-state index >= 15 is 0 Å². The maximum absolute atomic E-state index is 8.76. The van der Waals surface area contributed by atoms with Gasteiger partial charge in [-0.05, 0) is 0 Å². The van der Waals surface area contributed by atoms with Gasteiger partial charge in [-0.1, -0.05) is 0 Å². The highest BCUT2D eigenvalue weighted by molar-refractivity contribution is 4.56. The fraction of sp³-hybridized carbons (Fsp3) is 1.00. The van der Waals surface area contributed by atoms with E-state index in [1.165, 1.54) is 0 Å². The topological polar surface area (TPSA) is 302 Å². The van der Waals surface area contributed by atoms with Gasteiger partial charge in [-0.2, -0.15) is 0 Å². The Balaban J connectivity index is -0.000000184. The van der Waals surface area contributed by atoms with Crippen molar-refractivity contribution >= 4 is 0 Å². The second kappa shape index (κ2) is 32.4. The van der Waals surface area contributed by atoms with Crippen LogP contribution >= 0.6 is 0 Å². The third-order valence-electron chi connectivity index (χ3n) is 3.03. The van der Waals surface area contributed by atoms with Crippen LogP contribution in [0.5, 0.6) is 0 Å². The smallest absolute Gasteiger partial charge is 0.104 e. The summed E-state index contributed by atoms with van der Waals surface area (Å²) < 4.78 is 9.50. The molecule has 0 spiro atoms. The number of aliphatic hydroxyl groups excluding tert-OH is 14. The predicted octanol–water partition coefficient (Wildman–Crippen LogP) is -7.92. The largest absolute Gasteiger partial charge is 0.394 e. The Kier molecular flexibility index (Phi) is 38.6. The van der Waals surface area contributed by atoms with E-state index in [-0.39, 0.29) is 79.3 Å². The van der Waals surface area contributed by atoms with Crippen molar-refractivity contribution in [1.29, 1.82) is 0 Å². The lowest BCUT2D eigenvalue weighted by Crippen LogP contribution is -2.28. The molecule has 16 heteroatoms. The third kappa shape index (κ3) is 35.9. The Morgan fingerprint density at radius 2 is 0.618 bits per heavy atom. The molecule has 0 heterocycles. The fourth-order valence-corrected chi connectivity index (χ4v) is 1.02. The molecule has 0 aromatic rings. The van der Waals surface area contributed by atoms with E-state index in [2.05, 4.69) is 0 Å². The quantitative estimate of drug-likeness (QED) is 0.0905. The highest BCUT2D eigenvalue weighted by Gasteiger charge is 2.09. The van der Waals surface area contributed by atoms with Gasteiger partial charge in [0.05, 0.1) is 79.3 Å². The summed E-state index contributed by atoms with van der Waals surface area (Å²) in [6.07, 6.45) is -5.36. The number of aliphatic hydroxyl groups is 14. The molecule has 3 atom stereocenters. The average molecular weight is 517 g/mol. The first-order chi connectivity index (χ1) is 16.1. The Bertz CT molecular complexity index is 322. The normalized spacial score (nSPS) is 13.3. The molecule has 0 aliphatic carbocycles. The molecule has 0 bridgehead atoms. The molecule has 0 aliphatic rings. The van der Waals surface area contributed by atoms with Crippen LogP contribution in [-0.4, -0.2) is 187 Å². The molecule has 14 N–H and O–H groups in total. The zero-order valence-electron chi connectivity index (χ0n) is 19.0. The zero-order chi connectivity index (χ0) is 27.4. The summed E-state index contributed by atoms with van der Waals surface area (Å²) in [5, 5.41) is 116. The average Bonchev–Trinajstić information content (AvgIpc) is 2.88. The van der Waals surface area contributed by atoms with Crippen molar-refractivity contribution in [2.45, 2.75) is 36.6 Å². The molecule has 0 saturated heterocycles. The maximum Gasteiger partial charge on any atom is 0.104 e. The lowest BCUT2D eigenvalue weighted by Gasteiger charge is -2.14. The third-order valence-corrected chi connectivity index (χ3v) is 3.03. The molecule has 0 aromatic carbocycles. The van der Waals surface area contributed by atoms with Gasteiger partial charge in [-0.15, -0.1) is 0 Å². The summed E-state index contributed by atoms with van der Waals surface area (Å²) >= 11 is 0. The molecule has 0 fully saturated rings. The second-order valence-electron chi connectivity index (χ2n) is 6.41. The molecule has 34 heavy (non-hydrogen) atoms. The fourth-order valence-electron chi connectivity index (χ4n) is 1.02. The van der Waals surface area contributed by atoms with Crippen molar-refractivity contribution in [1.82, 2.24) is 0 Å². The van der Waals surface area contributed by atoms with Crippen LogP contribution in [0.25, 0.3) is 0 Å². The molecular weight excluding hydrogens is 472 g/mol. The van der Waals surface area contributed by atoms with Crippen molar-refractivity contribution < 1.29 is 81.0 Å². The number of rotatable bonds is 16. The molecule has 0 aliphatic heterocycles. The summed E-state index contributed by atoms with van der Waals surface area (Å²) in [6.45, 7) is -3.32. The van der Waals surface area contributed by atoms with Gasteiger partial charge in [0.25, 0.3) is 0 Å². The monoisotopic (exact) mass is 516 g/mol. The Morgan fingerprint density at radius 1 is 0.353 bits per heavy atom. The van der Waals surface area contributed by atoms with Crippen LogP contribution in [-0.2, 0) is 9.47 Å². The second-order valence-corrected chi connectivity index (χ2v) is 6.41. The molecule has 0 saturated carbocycles. The van der Waals surface area contributed by atoms with Gasteiger partial charge in [0.15, 0.2) is 0 Å². The van der Waals surface area contributed by atoms with Crippen molar-refractivity contribution in [3.63, 3.8) is 0 Å². The molecule has 16 nitrogen and oxygen atoms in total. The SMILES string of the molecule is OCC(O)CO.OCC(O)CO.OCC(O)COC(CO)CO.OCC(O)COCC(O)CO. The zero-order valence-corrected chi connectivity index (χ0v) is 19.0. The predicted molar refractivity (Wildman–Crippen MR) is 114 cm³/mol. The van der Waals surface area contributed by atoms with E-state index < -0.39 is 36.6 Å². The molecule has 0 rings (SSSR count). The van der Waals surface area contributed by atoms with E-state index in [9.17, 15) is 0 Å². The van der Waals surface area contributed by atoms with Gasteiger partial charge in [-0.3, -0.25) is 0 Å². The van der Waals surface area contributed by atoms with E-state index in [4.69, 9.17) is 81.0 Å². The number of hydrogen-bond acceptors (Lipinski definition) is 16. The Morgan fingerprint density at radius 3 is 0.824 bits per heavy atom. The van der Waals surface area contributed by atoms with Crippen molar-refractivity contribution in [2.24, 2.45) is 0 Å². The van der Waals surface area contributed by atoms with Crippen molar-refractivity contribution in [3.8, 4) is 0 Å². The van der Waals surface area contributed by atoms with Gasteiger partial charge < -0.3 is 81.0 Å². The summed E-state index contributed by atoms with van der Waals surface area (Å²) in [7, 11) is 0. The van der Waals surface area contributed by atoms with E-state index in [0.29, 0.717) is 0 Å². The van der Waals surface area contributed by atoms with Crippen LogP contribution in [0.2, 0.25) is 0 Å². The van der Waals surface area contributed by atoms with Crippen molar-refractivity contribution in [3.05, 3.63) is 0 Å². The lowest BCUT2D eigenvalue weighted by atomic mass is 10.4. The maximum atomic E-state index is 8.76. The van der Waals surface area contributed by atoms with E-state index in [1.807, 2.05) is 0 Å². The molecule has 3 unspecified atom stereocenters. The van der Waals surface area contributed by atoms with Crippen LogP contribution < -0.4 is 0 Å². The van der Waals surface area contributed by atoms with Gasteiger partial charge in [0, 0.05) is 0 Å². The van der Waals surface area contributed by atoms with E-state index in [1.54, 1.807) is 0 Å². The standard InChI is InChI=1S/2C6H14O5.2C3H8O3/c7-1-5(10)4-11-6(2-8)3-9;7-1-5(9)3-11-4-6(10)2-8;2*4-1-3(6)2-5/h2*5-10H,1-4H2;2*3-6H,1-2H2. The van der Waals surface area contributed by atoms with Crippen LogP contribution in [0.4, 0.5) is 0 Å². The minimum atomic E-state index is -0.954. The molecule has 0 radical (unpaired) electrons. The number of ether oxygens (including phenoxy) is 2. The first-order valence-corrected chi connectivity index (χ1v) is 10.1. The van der Waals surface area contributed by atoms with Crippen LogP contribution in [0.15, 0.2) is 0 Å². The Labute approximate surface area is 197 Å². The number of hydrogen-bond donors (Lipinski definition) is 14. The lowest BCUT2D eigenvalue weighted by molar-refractivity contribution is -0.0635. The van der Waals surface area contributed by atoms with Gasteiger partial charge >= 0.3 is 0 Å². The molecule has 0 amide bonds.